The summed E-state index contributed by atoms with van der Waals surface area (Å²) in [6, 6.07) is 7.17. The van der Waals surface area contributed by atoms with Crippen molar-refractivity contribution in [1.82, 2.24) is 9.97 Å². The molecule has 1 saturated carbocycles. The predicted molar refractivity (Wildman–Crippen MR) is 91.1 cm³/mol. The molecule has 7 heteroatoms. The highest BCUT2D eigenvalue weighted by molar-refractivity contribution is 5.42. The minimum atomic E-state index is -4.32. The third-order valence-electron chi connectivity index (χ3n) is 4.80. The van der Waals surface area contributed by atoms with Crippen molar-refractivity contribution in [2.45, 2.75) is 38.0 Å². The van der Waals surface area contributed by atoms with Gasteiger partial charge in [0.05, 0.1) is 12.2 Å². The summed E-state index contributed by atoms with van der Waals surface area (Å²) in [5.74, 6) is 2.25. The van der Waals surface area contributed by atoms with E-state index < -0.39 is 11.7 Å². The first-order valence-electron chi connectivity index (χ1n) is 8.79. The Balaban J connectivity index is 1.52. The highest BCUT2D eigenvalue weighted by atomic mass is 19.4. The van der Waals surface area contributed by atoms with Crippen molar-refractivity contribution < 1.29 is 17.9 Å². The van der Waals surface area contributed by atoms with E-state index in [0.29, 0.717) is 25.6 Å². The number of ether oxygens (including phenoxy) is 1. The Labute approximate surface area is 150 Å². The Kier molecular flexibility index (Phi) is 4.34. The fourth-order valence-electron chi connectivity index (χ4n) is 3.21. The molecule has 1 aromatic carbocycles. The summed E-state index contributed by atoms with van der Waals surface area (Å²) >= 11 is 0. The standard InChI is InChI=1S/C19H20F3N3O/c1-12-10-17(24-18(23-12)14-2-3-14)25-8-9-26-16(11-25)13-4-6-15(7-5-13)19(20,21)22/h4-7,10,14,16H,2-3,8-9,11H2,1H3. The van der Waals surface area contributed by atoms with Crippen molar-refractivity contribution in [3.8, 4) is 0 Å². The molecular formula is C19H20F3N3O. The second-order valence-electron chi connectivity index (χ2n) is 6.93. The second kappa shape index (κ2) is 6.54. The molecule has 1 aliphatic heterocycles. The first-order valence-corrected chi connectivity index (χ1v) is 8.79. The van der Waals surface area contributed by atoms with Crippen LogP contribution in [0, 0.1) is 6.92 Å². The Bertz CT molecular complexity index is 788. The number of alkyl halides is 3. The third-order valence-corrected chi connectivity index (χ3v) is 4.80. The number of hydrogen-bond donors (Lipinski definition) is 0. The van der Waals surface area contributed by atoms with Crippen LogP contribution >= 0.6 is 0 Å². The van der Waals surface area contributed by atoms with Gasteiger partial charge in [-0.2, -0.15) is 13.2 Å². The molecule has 138 valence electrons. The molecular weight excluding hydrogens is 343 g/mol. The zero-order valence-corrected chi connectivity index (χ0v) is 14.5. The molecule has 2 aromatic rings. The van der Waals surface area contributed by atoms with E-state index in [1.165, 1.54) is 12.1 Å². The first kappa shape index (κ1) is 17.3. The smallest absolute Gasteiger partial charge is 0.370 e. The van der Waals surface area contributed by atoms with Gasteiger partial charge >= 0.3 is 6.18 Å². The van der Waals surface area contributed by atoms with Crippen LogP contribution in [0.25, 0.3) is 0 Å². The SMILES string of the molecule is Cc1cc(N2CCOC(c3ccc(C(F)(F)F)cc3)C2)nc(C2CC2)n1. The van der Waals surface area contributed by atoms with E-state index in [1.807, 2.05) is 13.0 Å². The molecule has 4 rings (SSSR count). The van der Waals surface area contributed by atoms with E-state index in [-0.39, 0.29) is 6.10 Å². The summed E-state index contributed by atoms with van der Waals surface area (Å²) in [4.78, 5) is 11.4. The maximum Gasteiger partial charge on any atom is 0.416 e. The number of hydrogen-bond acceptors (Lipinski definition) is 4. The maximum absolute atomic E-state index is 12.7. The zero-order valence-electron chi connectivity index (χ0n) is 14.5. The van der Waals surface area contributed by atoms with Crippen molar-refractivity contribution in [2.24, 2.45) is 0 Å². The third kappa shape index (κ3) is 3.67. The molecule has 0 bridgehead atoms. The number of rotatable bonds is 3. The Morgan fingerprint density at radius 1 is 1.12 bits per heavy atom. The molecule has 1 unspecified atom stereocenters. The summed E-state index contributed by atoms with van der Waals surface area (Å²) in [6.45, 7) is 3.74. The molecule has 2 heterocycles. The highest BCUT2D eigenvalue weighted by Crippen LogP contribution is 2.39. The minimum absolute atomic E-state index is 0.273. The number of nitrogens with zero attached hydrogens (tertiary/aromatic N) is 3. The van der Waals surface area contributed by atoms with E-state index in [4.69, 9.17) is 9.72 Å². The molecule has 1 saturated heterocycles. The van der Waals surface area contributed by atoms with E-state index in [0.717, 1.165) is 47.9 Å². The van der Waals surface area contributed by atoms with Crippen LogP contribution in [-0.2, 0) is 10.9 Å². The maximum atomic E-state index is 12.7. The lowest BCUT2D eigenvalue weighted by Crippen LogP contribution is -2.39. The fraction of sp³-hybridized carbons (Fsp3) is 0.474. The molecule has 0 radical (unpaired) electrons. The van der Waals surface area contributed by atoms with Crippen molar-refractivity contribution in [3.05, 3.63) is 53.0 Å². The Morgan fingerprint density at radius 2 is 1.85 bits per heavy atom. The Hall–Kier alpha value is -2.15. The number of morpholine rings is 1. The van der Waals surface area contributed by atoms with E-state index in [1.54, 1.807) is 0 Å². The van der Waals surface area contributed by atoms with Crippen LogP contribution in [0.2, 0.25) is 0 Å². The summed E-state index contributed by atoms with van der Waals surface area (Å²) in [6.07, 6.45) is -2.32. The van der Waals surface area contributed by atoms with E-state index in [9.17, 15) is 13.2 Å². The van der Waals surface area contributed by atoms with Gasteiger partial charge in [0.1, 0.15) is 17.7 Å². The lowest BCUT2D eigenvalue weighted by molar-refractivity contribution is -0.137. The molecule has 2 fully saturated rings. The quantitative estimate of drug-likeness (QED) is 0.817. The van der Waals surface area contributed by atoms with Crippen LogP contribution in [0.3, 0.4) is 0 Å². The van der Waals surface area contributed by atoms with Gasteiger partial charge in [0.15, 0.2) is 0 Å². The van der Waals surface area contributed by atoms with Crippen molar-refractivity contribution >= 4 is 5.82 Å². The minimum Gasteiger partial charge on any atom is -0.370 e. The average Bonchev–Trinajstić information content (AvgIpc) is 3.46. The van der Waals surface area contributed by atoms with Crippen LogP contribution in [0.1, 0.15) is 47.5 Å². The van der Waals surface area contributed by atoms with E-state index >= 15 is 0 Å². The van der Waals surface area contributed by atoms with Gasteiger partial charge in [-0.25, -0.2) is 9.97 Å². The van der Waals surface area contributed by atoms with Crippen LogP contribution in [0.5, 0.6) is 0 Å². The number of aromatic nitrogens is 2. The fourth-order valence-corrected chi connectivity index (χ4v) is 3.21. The summed E-state index contributed by atoms with van der Waals surface area (Å²) in [5.41, 5.74) is 1.04. The summed E-state index contributed by atoms with van der Waals surface area (Å²) in [5, 5.41) is 0. The molecule has 1 atom stereocenters. The van der Waals surface area contributed by atoms with Crippen molar-refractivity contribution in [2.75, 3.05) is 24.6 Å². The monoisotopic (exact) mass is 363 g/mol. The molecule has 0 spiro atoms. The number of aryl methyl sites for hydroxylation is 1. The van der Waals surface area contributed by atoms with Gasteiger partial charge in [-0.05, 0) is 37.5 Å². The van der Waals surface area contributed by atoms with Gasteiger partial charge in [0.25, 0.3) is 0 Å². The van der Waals surface area contributed by atoms with Gasteiger partial charge in [-0.1, -0.05) is 12.1 Å². The molecule has 26 heavy (non-hydrogen) atoms. The van der Waals surface area contributed by atoms with Crippen LogP contribution < -0.4 is 4.90 Å². The van der Waals surface area contributed by atoms with Crippen LogP contribution in [0.15, 0.2) is 30.3 Å². The average molecular weight is 363 g/mol. The van der Waals surface area contributed by atoms with Gasteiger partial charge in [-0.3, -0.25) is 0 Å². The van der Waals surface area contributed by atoms with Gasteiger partial charge in [0.2, 0.25) is 0 Å². The second-order valence-corrected chi connectivity index (χ2v) is 6.93. The lowest BCUT2D eigenvalue weighted by atomic mass is 10.1. The van der Waals surface area contributed by atoms with Crippen molar-refractivity contribution in [1.29, 1.82) is 0 Å². The predicted octanol–water partition coefficient (Wildman–Crippen LogP) is 4.26. The van der Waals surface area contributed by atoms with Crippen LogP contribution in [0.4, 0.5) is 19.0 Å². The molecule has 1 aliphatic carbocycles. The van der Waals surface area contributed by atoms with Gasteiger partial charge < -0.3 is 9.64 Å². The largest absolute Gasteiger partial charge is 0.416 e. The molecule has 0 amide bonds. The lowest BCUT2D eigenvalue weighted by Gasteiger charge is -2.34. The van der Waals surface area contributed by atoms with Gasteiger partial charge in [-0.15, -0.1) is 0 Å². The zero-order chi connectivity index (χ0) is 18.3. The van der Waals surface area contributed by atoms with E-state index in [2.05, 4.69) is 9.88 Å². The van der Waals surface area contributed by atoms with Crippen LogP contribution in [-0.4, -0.2) is 29.7 Å². The normalized spacial score (nSPS) is 21.1. The number of halogens is 3. The topological polar surface area (TPSA) is 38.2 Å². The molecule has 1 aromatic heterocycles. The summed E-state index contributed by atoms with van der Waals surface area (Å²) in [7, 11) is 0. The molecule has 0 N–H and O–H groups in total. The highest BCUT2D eigenvalue weighted by Gasteiger charge is 2.31. The number of anilines is 1. The molecule has 4 nitrogen and oxygen atoms in total. The van der Waals surface area contributed by atoms with Gasteiger partial charge in [0, 0.05) is 30.8 Å². The number of benzene rings is 1. The van der Waals surface area contributed by atoms with Crippen molar-refractivity contribution in [3.63, 3.8) is 0 Å². The Morgan fingerprint density at radius 3 is 2.50 bits per heavy atom. The summed E-state index contributed by atoms with van der Waals surface area (Å²) < 4.78 is 44.0. The molecule has 2 aliphatic rings. The first-order chi connectivity index (χ1) is 12.4.